The fourth-order valence-corrected chi connectivity index (χ4v) is 4.27. The maximum Gasteiger partial charge on any atom is 0.240 e. The fourth-order valence-electron chi connectivity index (χ4n) is 2.82. The van der Waals surface area contributed by atoms with Crippen molar-refractivity contribution < 1.29 is 4.79 Å². The Morgan fingerprint density at radius 3 is 3.04 bits per heavy atom. The van der Waals surface area contributed by atoms with Crippen molar-refractivity contribution in [3.05, 3.63) is 47.3 Å². The van der Waals surface area contributed by atoms with E-state index in [0.29, 0.717) is 5.16 Å². The van der Waals surface area contributed by atoms with Crippen LogP contribution >= 0.6 is 23.1 Å². The monoisotopic (exact) mass is 356 g/mol. The summed E-state index contributed by atoms with van der Waals surface area (Å²) in [6, 6.07) is 12.1. The first-order valence-electron chi connectivity index (χ1n) is 7.74. The number of nitrogens with one attached hydrogen (secondary N) is 1. The second kappa shape index (κ2) is 6.41. The van der Waals surface area contributed by atoms with Gasteiger partial charge in [0.15, 0.2) is 5.82 Å². The molecule has 2 aromatic heterocycles. The molecule has 1 aliphatic rings. The Kier molecular flexibility index (Phi) is 4.12. The number of thioether (sulfide) groups is 1. The van der Waals surface area contributed by atoms with Crippen LogP contribution in [0.3, 0.4) is 0 Å². The van der Waals surface area contributed by atoms with Gasteiger partial charge in [-0.3, -0.25) is 9.89 Å². The molecule has 1 N–H and O–H groups in total. The number of carbonyl (C=O) groups is 1. The minimum absolute atomic E-state index is 0.104. The number of anilines is 1. The Hall–Kier alpha value is -2.12. The first kappa shape index (κ1) is 15.4. The highest BCUT2D eigenvalue weighted by molar-refractivity contribution is 8.00. The molecule has 0 saturated carbocycles. The number of aromatic nitrogens is 3. The highest BCUT2D eigenvalue weighted by Crippen LogP contribution is 2.31. The summed E-state index contributed by atoms with van der Waals surface area (Å²) in [7, 11) is 0. The van der Waals surface area contributed by atoms with Gasteiger partial charge in [0.1, 0.15) is 0 Å². The van der Waals surface area contributed by atoms with E-state index >= 15 is 0 Å². The average molecular weight is 356 g/mol. The molecule has 24 heavy (non-hydrogen) atoms. The number of amides is 1. The van der Waals surface area contributed by atoms with Gasteiger partial charge in [0.25, 0.3) is 0 Å². The van der Waals surface area contributed by atoms with Gasteiger partial charge in [-0.2, -0.15) is 0 Å². The molecule has 1 aliphatic heterocycles. The van der Waals surface area contributed by atoms with Crippen molar-refractivity contribution in [2.75, 3.05) is 11.4 Å². The van der Waals surface area contributed by atoms with Crippen LogP contribution in [0.4, 0.5) is 5.69 Å². The number of rotatable bonds is 4. The normalized spacial score (nSPS) is 14.6. The van der Waals surface area contributed by atoms with Crippen molar-refractivity contribution in [2.45, 2.75) is 23.8 Å². The molecule has 0 spiro atoms. The van der Waals surface area contributed by atoms with Crippen LogP contribution in [-0.2, 0) is 11.2 Å². The SMILES string of the molecule is C[C@H](Sc1n[nH]c(-c2cccs2)n1)C(=O)N1CCc2ccccc21. The number of carbonyl (C=O) groups excluding carboxylic acids is 1. The highest BCUT2D eigenvalue weighted by atomic mass is 32.2. The Labute approximate surface area is 148 Å². The van der Waals surface area contributed by atoms with E-state index in [9.17, 15) is 4.79 Å². The summed E-state index contributed by atoms with van der Waals surface area (Å²) in [5.41, 5.74) is 2.27. The van der Waals surface area contributed by atoms with Crippen molar-refractivity contribution in [2.24, 2.45) is 0 Å². The van der Waals surface area contributed by atoms with Gasteiger partial charge in [0, 0.05) is 12.2 Å². The molecule has 0 radical (unpaired) electrons. The molecule has 1 atom stereocenters. The topological polar surface area (TPSA) is 61.9 Å². The van der Waals surface area contributed by atoms with Crippen molar-refractivity contribution in [3.63, 3.8) is 0 Å². The highest BCUT2D eigenvalue weighted by Gasteiger charge is 2.29. The van der Waals surface area contributed by atoms with Crippen LogP contribution in [0.15, 0.2) is 46.9 Å². The number of thiophene rings is 1. The number of fused-ring (bicyclic) bond motifs is 1. The third-order valence-electron chi connectivity index (χ3n) is 4.00. The molecular weight excluding hydrogens is 340 g/mol. The van der Waals surface area contributed by atoms with Gasteiger partial charge in [0.05, 0.1) is 10.1 Å². The van der Waals surface area contributed by atoms with Gasteiger partial charge >= 0.3 is 0 Å². The van der Waals surface area contributed by atoms with Gasteiger partial charge in [0.2, 0.25) is 11.1 Å². The molecule has 0 unspecified atom stereocenters. The zero-order valence-electron chi connectivity index (χ0n) is 13.1. The molecule has 3 aromatic rings. The number of nitrogens with zero attached hydrogens (tertiary/aromatic N) is 3. The van der Waals surface area contributed by atoms with Crippen molar-refractivity contribution in [1.82, 2.24) is 15.2 Å². The lowest BCUT2D eigenvalue weighted by molar-refractivity contribution is -0.117. The van der Waals surface area contributed by atoms with Crippen LogP contribution in [0.5, 0.6) is 0 Å². The number of hydrogen-bond acceptors (Lipinski definition) is 5. The first-order chi connectivity index (χ1) is 11.7. The van der Waals surface area contributed by atoms with Crippen LogP contribution in [0.1, 0.15) is 12.5 Å². The molecule has 0 bridgehead atoms. The van der Waals surface area contributed by atoms with Crippen LogP contribution < -0.4 is 4.90 Å². The Bertz CT molecular complexity index is 859. The smallest absolute Gasteiger partial charge is 0.240 e. The molecule has 0 fully saturated rings. The summed E-state index contributed by atoms with van der Waals surface area (Å²) in [5.74, 6) is 0.853. The maximum atomic E-state index is 12.8. The molecular formula is C17H16N4OS2. The van der Waals surface area contributed by atoms with Crippen molar-refractivity contribution in [1.29, 1.82) is 0 Å². The van der Waals surface area contributed by atoms with Gasteiger partial charge in [-0.05, 0) is 36.4 Å². The van der Waals surface area contributed by atoms with Crippen molar-refractivity contribution in [3.8, 4) is 10.7 Å². The maximum absolute atomic E-state index is 12.8. The molecule has 7 heteroatoms. The molecule has 0 saturated heterocycles. The Morgan fingerprint density at radius 1 is 1.33 bits per heavy atom. The lowest BCUT2D eigenvalue weighted by atomic mass is 10.2. The second-order valence-electron chi connectivity index (χ2n) is 5.57. The minimum atomic E-state index is -0.233. The van der Waals surface area contributed by atoms with E-state index in [0.717, 1.165) is 29.4 Å². The average Bonchev–Trinajstić information content (AvgIpc) is 3.33. The minimum Gasteiger partial charge on any atom is -0.311 e. The predicted octanol–water partition coefficient (Wildman–Crippen LogP) is 3.60. The summed E-state index contributed by atoms with van der Waals surface area (Å²) in [6.07, 6.45) is 0.919. The van der Waals surface area contributed by atoms with Gasteiger partial charge in [-0.15, -0.1) is 16.4 Å². The molecule has 122 valence electrons. The zero-order chi connectivity index (χ0) is 16.5. The Balaban J connectivity index is 1.47. The molecule has 3 heterocycles. The largest absolute Gasteiger partial charge is 0.311 e. The van der Waals surface area contributed by atoms with Crippen LogP contribution in [-0.4, -0.2) is 32.9 Å². The van der Waals surface area contributed by atoms with E-state index in [1.165, 1.54) is 17.3 Å². The summed E-state index contributed by atoms with van der Waals surface area (Å²) < 4.78 is 0. The van der Waals surface area contributed by atoms with Gasteiger partial charge in [-0.25, -0.2) is 4.98 Å². The molecule has 0 aliphatic carbocycles. The van der Waals surface area contributed by atoms with Crippen LogP contribution in [0.25, 0.3) is 10.7 Å². The van der Waals surface area contributed by atoms with E-state index in [2.05, 4.69) is 21.2 Å². The summed E-state index contributed by atoms with van der Waals surface area (Å²) in [4.78, 5) is 20.2. The number of para-hydroxylation sites is 1. The number of aromatic amines is 1. The molecule has 1 amide bonds. The lowest BCUT2D eigenvalue weighted by Gasteiger charge is -2.20. The molecule has 5 nitrogen and oxygen atoms in total. The van der Waals surface area contributed by atoms with E-state index in [4.69, 9.17) is 0 Å². The number of hydrogen-bond donors (Lipinski definition) is 1. The van der Waals surface area contributed by atoms with Crippen molar-refractivity contribution >= 4 is 34.7 Å². The van der Waals surface area contributed by atoms with E-state index in [-0.39, 0.29) is 11.2 Å². The summed E-state index contributed by atoms with van der Waals surface area (Å²) >= 11 is 3.00. The molecule has 4 rings (SSSR count). The van der Waals surface area contributed by atoms with Gasteiger partial charge < -0.3 is 4.90 Å². The quantitative estimate of drug-likeness (QED) is 0.726. The number of benzene rings is 1. The number of H-pyrrole nitrogens is 1. The third-order valence-corrected chi connectivity index (χ3v) is 5.83. The predicted molar refractivity (Wildman–Crippen MR) is 97.5 cm³/mol. The van der Waals surface area contributed by atoms with E-state index in [1.807, 2.05) is 47.5 Å². The second-order valence-corrected chi connectivity index (χ2v) is 7.83. The zero-order valence-corrected chi connectivity index (χ0v) is 14.7. The van der Waals surface area contributed by atoms with E-state index < -0.39 is 0 Å². The van der Waals surface area contributed by atoms with Crippen LogP contribution in [0, 0.1) is 0 Å². The molecule has 1 aromatic carbocycles. The van der Waals surface area contributed by atoms with Crippen LogP contribution in [0.2, 0.25) is 0 Å². The summed E-state index contributed by atoms with van der Waals surface area (Å²) in [6.45, 7) is 2.66. The Morgan fingerprint density at radius 2 is 2.21 bits per heavy atom. The first-order valence-corrected chi connectivity index (χ1v) is 9.50. The lowest BCUT2D eigenvalue weighted by Crippen LogP contribution is -2.35. The standard InChI is InChI=1S/C17H16N4OS2/c1-11(16(22)21-9-8-12-5-2-3-6-13(12)21)24-17-18-15(19-20-17)14-7-4-10-23-14/h2-7,10-11H,8-9H2,1H3,(H,18,19,20)/t11-/m0/s1. The fraction of sp³-hybridized carbons (Fsp3) is 0.235. The van der Waals surface area contributed by atoms with E-state index in [1.54, 1.807) is 11.3 Å². The van der Waals surface area contributed by atoms with Gasteiger partial charge in [-0.1, -0.05) is 36.0 Å². The summed E-state index contributed by atoms with van der Waals surface area (Å²) in [5, 5.41) is 9.54. The third kappa shape index (κ3) is 2.85.